The highest BCUT2D eigenvalue weighted by molar-refractivity contribution is 6.30. The molecule has 2 aromatic rings. The van der Waals surface area contributed by atoms with Crippen molar-refractivity contribution in [2.24, 2.45) is 5.73 Å². The summed E-state index contributed by atoms with van der Waals surface area (Å²) in [7, 11) is 0. The average Bonchev–Trinajstić information content (AvgIpc) is 2.54. The van der Waals surface area contributed by atoms with Crippen LogP contribution in [0.1, 0.15) is 22.8 Å². The summed E-state index contributed by atoms with van der Waals surface area (Å²) in [5, 5.41) is 13.9. The monoisotopic (exact) mass is 347 g/mol. The summed E-state index contributed by atoms with van der Waals surface area (Å²) >= 11 is 5.92. The highest BCUT2D eigenvalue weighted by atomic mass is 35.5. The fourth-order valence-electron chi connectivity index (χ4n) is 2.19. The van der Waals surface area contributed by atoms with E-state index in [0.717, 1.165) is 0 Å². The first-order chi connectivity index (χ1) is 11.3. The maximum absolute atomic E-state index is 12.5. The lowest BCUT2D eigenvalue weighted by Crippen LogP contribution is -2.52. The van der Waals surface area contributed by atoms with Gasteiger partial charge in [0, 0.05) is 11.1 Å². The molecule has 0 spiro atoms. The average molecular weight is 348 g/mol. The van der Waals surface area contributed by atoms with Crippen LogP contribution in [0.15, 0.2) is 48.5 Å². The van der Waals surface area contributed by atoms with Crippen LogP contribution in [0.3, 0.4) is 0 Å². The van der Waals surface area contributed by atoms with E-state index in [9.17, 15) is 19.7 Å². The predicted octanol–water partition coefficient (Wildman–Crippen LogP) is 2.38. The van der Waals surface area contributed by atoms with Crippen LogP contribution in [0.4, 0.5) is 5.69 Å². The van der Waals surface area contributed by atoms with Gasteiger partial charge in [0.2, 0.25) is 5.91 Å². The van der Waals surface area contributed by atoms with Crippen LogP contribution in [0.2, 0.25) is 5.02 Å². The summed E-state index contributed by atoms with van der Waals surface area (Å²) in [6.45, 7) is 1.41. The Morgan fingerprint density at radius 3 is 2.46 bits per heavy atom. The number of rotatable bonds is 5. The third-order valence-corrected chi connectivity index (χ3v) is 3.84. The van der Waals surface area contributed by atoms with Crippen molar-refractivity contribution >= 4 is 29.1 Å². The van der Waals surface area contributed by atoms with Gasteiger partial charge in [-0.1, -0.05) is 35.9 Å². The number of carbonyl (C=O) groups is 2. The molecule has 0 aliphatic carbocycles. The Bertz CT molecular complexity index is 824. The highest BCUT2D eigenvalue weighted by Crippen LogP contribution is 2.25. The molecule has 0 radical (unpaired) electrons. The molecule has 0 saturated carbocycles. The number of amides is 2. The molecular formula is C16H14ClN3O4. The molecule has 124 valence electrons. The van der Waals surface area contributed by atoms with Crippen molar-refractivity contribution in [2.45, 2.75) is 12.5 Å². The minimum atomic E-state index is -1.58. The largest absolute Gasteiger partial charge is 0.367 e. The van der Waals surface area contributed by atoms with E-state index in [1.165, 1.54) is 37.3 Å². The third-order valence-electron chi connectivity index (χ3n) is 3.60. The molecular weight excluding hydrogens is 334 g/mol. The van der Waals surface area contributed by atoms with E-state index in [1.54, 1.807) is 18.2 Å². The van der Waals surface area contributed by atoms with E-state index < -0.39 is 22.3 Å². The van der Waals surface area contributed by atoms with Gasteiger partial charge in [0.05, 0.1) is 4.92 Å². The number of hydrogen-bond acceptors (Lipinski definition) is 4. The molecule has 2 amide bonds. The van der Waals surface area contributed by atoms with Crippen LogP contribution >= 0.6 is 11.6 Å². The molecule has 0 unspecified atom stereocenters. The van der Waals surface area contributed by atoms with Crippen molar-refractivity contribution in [3.63, 3.8) is 0 Å². The lowest BCUT2D eigenvalue weighted by molar-refractivity contribution is -0.385. The molecule has 24 heavy (non-hydrogen) atoms. The molecule has 0 heterocycles. The van der Waals surface area contributed by atoms with Gasteiger partial charge in [0.15, 0.2) is 0 Å². The van der Waals surface area contributed by atoms with E-state index in [1.807, 2.05) is 0 Å². The molecule has 0 aliphatic rings. The van der Waals surface area contributed by atoms with Gasteiger partial charge >= 0.3 is 0 Å². The number of benzene rings is 2. The zero-order valence-corrected chi connectivity index (χ0v) is 13.4. The summed E-state index contributed by atoms with van der Waals surface area (Å²) in [5.41, 5.74) is 3.70. The van der Waals surface area contributed by atoms with Gasteiger partial charge < -0.3 is 11.1 Å². The lowest BCUT2D eigenvalue weighted by atomic mass is 9.90. The van der Waals surface area contributed by atoms with E-state index in [-0.39, 0.29) is 11.3 Å². The lowest BCUT2D eigenvalue weighted by Gasteiger charge is -2.28. The molecule has 0 saturated heterocycles. The first kappa shape index (κ1) is 17.4. The Labute approximate surface area is 142 Å². The minimum Gasteiger partial charge on any atom is -0.367 e. The van der Waals surface area contributed by atoms with Gasteiger partial charge in [-0.2, -0.15) is 0 Å². The number of hydrogen-bond donors (Lipinski definition) is 2. The number of nitrogens with two attached hydrogens (primary N) is 1. The fourth-order valence-corrected chi connectivity index (χ4v) is 2.39. The number of nitro benzene ring substituents is 1. The molecule has 1 atom stereocenters. The Hall–Kier alpha value is -2.93. The van der Waals surface area contributed by atoms with Crippen molar-refractivity contribution in [1.82, 2.24) is 5.32 Å². The van der Waals surface area contributed by atoms with E-state index in [4.69, 9.17) is 17.3 Å². The zero-order chi connectivity index (χ0) is 17.9. The van der Waals surface area contributed by atoms with Crippen LogP contribution in [-0.2, 0) is 10.3 Å². The first-order valence-corrected chi connectivity index (χ1v) is 7.25. The van der Waals surface area contributed by atoms with Crippen LogP contribution in [0.5, 0.6) is 0 Å². The maximum atomic E-state index is 12.5. The third kappa shape index (κ3) is 3.36. The van der Waals surface area contributed by atoms with Gasteiger partial charge in [-0.25, -0.2) is 0 Å². The molecule has 0 fully saturated rings. The molecule has 0 bridgehead atoms. The minimum absolute atomic E-state index is 0.169. The molecule has 3 N–H and O–H groups in total. The van der Waals surface area contributed by atoms with Crippen molar-refractivity contribution < 1.29 is 14.5 Å². The van der Waals surface area contributed by atoms with Crippen molar-refractivity contribution in [1.29, 1.82) is 0 Å². The molecule has 0 aromatic heterocycles. The number of halogens is 1. The number of para-hydroxylation sites is 1. The van der Waals surface area contributed by atoms with Crippen LogP contribution in [-0.4, -0.2) is 16.7 Å². The molecule has 7 nitrogen and oxygen atoms in total. The van der Waals surface area contributed by atoms with Gasteiger partial charge in [0.1, 0.15) is 11.1 Å². The number of nitrogens with one attached hydrogen (secondary N) is 1. The van der Waals surface area contributed by atoms with Gasteiger partial charge in [-0.05, 0) is 30.7 Å². The molecule has 2 rings (SSSR count). The van der Waals surface area contributed by atoms with Crippen LogP contribution < -0.4 is 11.1 Å². The molecule has 0 aliphatic heterocycles. The van der Waals surface area contributed by atoms with Crippen LogP contribution in [0.25, 0.3) is 0 Å². The zero-order valence-electron chi connectivity index (χ0n) is 12.7. The summed E-state index contributed by atoms with van der Waals surface area (Å²) in [5.74, 6) is -1.61. The quantitative estimate of drug-likeness (QED) is 0.638. The normalized spacial score (nSPS) is 12.9. The predicted molar refractivity (Wildman–Crippen MR) is 88.6 cm³/mol. The Kier molecular flexibility index (Phi) is 4.85. The van der Waals surface area contributed by atoms with Crippen LogP contribution in [0, 0.1) is 10.1 Å². The van der Waals surface area contributed by atoms with E-state index in [2.05, 4.69) is 5.32 Å². The Balaban J connectivity index is 2.44. The maximum Gasteiger partial charge on any atom is 0.282 e. The van der Waals surface area contributed by atoms with Gasteiger partial charge in [-0.3, -0.25) is 19.7 Å². The Morgan fingerprint density at radius 1 is 1.21 bits per heavy atom. The second-order valence-electron chi connectivity index (χ2n) is 5.23. The summed E-state index contributed by atoms with van der Waals surface area (Å²) in [6, 6.07) is 11.7. The standard InChI is InChI=1S/C16H14ClN3O4/c1-16(15(18)22,10-5-4-6-11(17)9-10)19-14(21)12-7-2-3-8-13(12)20(23)24/h2-9H,1H3,(H2,18,22)(H,19,21)/t16-/m1/s1. The highest BCUT2D eigenvalue weighted by Gasteiger charge is 2.36. The number of nitrogens with zero attached hydrogens (tertiary/aromatic N) is 1. The fraction of sp³-hybridized carbons (Fsp3) is 0.125. The van der Waals surface area contributed by atoms with Crippen molar-refractivity contribution in [2.75, 3.05) is 0 Å². The number of nitro groups is 1. The van der Waals surface area contributed by atoms with Gasteiger partial charge in [-0.15, -0.1) is 0 Å². The van der Waals surface area contributed by atoms with Crippen molar-refractivity contribution in [3.05, 3.63) is 74.8 Å². The smallest absolute Gasteiger partial charge is 0.282 e. The van der Waals surface area contributed by atoms with Gasteiger partial charge in [0.25, 0.3) is 11.6 Å². The molecule has 2 aromatic carbocycles. The number of primary amides is 1. The summed E-state index contributed by atoms with van der Waals surface area (Å²) in [6.07, 6.45) is 0. The Morgan fingerprint density at radius 2 is 1.88 bits per heavy atom. The first-order valence-electron chi connectivity index (χ1n) is 6.87. The summed E-state index contributed by atoms with van der Waals surface area (Å²) < 4.78 is 0. The second kappa shape index (κ2) is 6.67. The summed E-state index contributed by atoms with van der Waals surface area (Å²) in [4.78, 5) is 34.8. The SMILES string of the molecule is C[C@](NC(=O)c1ccccc1[N+](=O)[O-])(C(N)=O)c1cccc(Cl)c1. The number of carbonyl (C=O) groups excluding carboxylic acids is 2. The van der Waals surface area contributed by atoms with E-state index in [0.29, 0.717) is 10.6 Å². The topological polar surface area (TPSA) is 115 Å². The van der Waals surface area contributed by atoms with E-state index >= 15 is 0 Å². The molecule has 8 heteroatoms. The second-order valence-corrected chi connectivity index (χ2v) is 5.66. The van der Waals surface area contributed by atoms with Crippen molar-refractivity contribution in [3.8, 4) is 0 Å².